The van der Waals surface area contributed by atoms with Gasteiger partial charge in [-0.1, -0.05) is 17.8 Å². The Hall–Kier alpha value is -2.28. The second-order valence-electron chi connectivity index (χ2n) is 4.02. The molecular formula is C14H13N3O3S. The van der Waals surface area contributed by atoms with Crippen molar-refractivity contribution in [2.75, 3.05) is 12.9 Å². The number of esters is 1. The molecular weight excluding hydrogens is 290 g/mol. The van der Waals surface area contributed by atoms with E-state index in [2.05, 4.69) is 19.7 Å². The van der Waals surface area contributed by atoms with Crippen molar-refractivity contribution in [3.8, 4) is 11.4 Å². The van der Waals surface area contributed by atoms with E-state index in [9.17, 15) is 9.59 Å². The lowest BCUT2D eigenvalue weighted by Crippen LogP contribution is -2.11. The zero-order valence-corrected chi connectivity index (χ0v) is 12.2. The van der Waals surface area contributed by atoms with E-state index in [1.165, 1.54) is 18.9 Å². The van der Waals surface area contributed by atoms with Gasteiger partial charge < -0.3 is 4.74 Å². The van der Waals surface area contributed by atoms with E-state index in [0.29, 0.717) is 10.9 Å². The fourth-order valence-corrected chi connectivity index (χ4v) is 2.19. The number of pyridine rings is 1. The van der Waals surface area contributed by atoms with E-state index >= 15 is 0 Å². The third-order valence-electron chi connectivity index (χ3n) is 2.49. The Balaban J connectivity index is 1.99. The molecule has 0 unspecified atom stereocenters. The maximum Gasteiger partial charge on any atom is 0.313 e. The highest BCUT2D eigenvalue weighted by Crippen LogP contribution is 2.18. The number of carbonyl (C=O) groups excluding carboxylic acids is 2. The molecule has 2 aromatic rings. The van der Waals surface area contributed by atoms with E-state index in [-0.39, 0.29) is 18.0 Å². The molecule has 0 atom stereocenters. The summed E-state index contributed by atoms with van der Waals surface area (Å²) < 4.78 is 4.44. The van der Waals surface area contributed by atoms with Crippen LogP contribution in [-0.2, 0) is 14.3 Å². The summed E-state index contributed by atoms with van der Waals surface area (Å²) in [5.41, 5.74) is 1.43. The summed E-state index contributed by atoms with van der Waals surface area (Å²) in [7, 11) is 1.25. The predicted molar refractivity (Wildman–Crippen MR) is 77.6 cm³/mol. The smallest absolute Gasteiger partial charge is 0.313 e. The summed E-state index contributed by atoms with van der Waals surface area (Å²) in [5.74, 6) is -0.636. The molecule has 2 aromatic heterocycles. The summed E-state index contributed by atoms with van der Waals surface area (Å²) in [4.78, 5) is 35.2. The van der Waals surface area contributed by atoms with Crippen molar-refractivity contribution in [3.05, 3.63) is 36.7 Å². The van der Waals surface area contributed by atoms with E-state index in [4.69, 9.17) is 0 Å². The maximum absolute atomic E-state index is 11.6. The van der Waals surface area contributed by atoms with Crippen molar-refractivity contribution in [2.24, 2.45) is 0 Å². The molecule has 0 amide bonds. The third kappa shape index (κ3) is 4.64. The summed E-state index contributed by atoms with van der Waals surface area (Å²) in [5, 5.41) is 0.469. The van der Waals surface area contributed by atoms with Crippen LogP contribution < -0.4 is 0 Å². The lowest BCUT2D eigenvalue weighted by atomic mass is 10.3. The lowest BCUT2D eigenvalue weighted by molar-refractivity contribution is -0.142. The Morgan fingerprint density at radius 1 is 1.14 bits per heavy atom. The minimum Gasteiger partial charge on any atom is -0.469 e. The number of rotatable bonds is 6. The van der Waals surface area contributed by atoms with Gasteiger partial charge in [0.05, 0.1) is 24.3 Å². The minimum atomic E-state index is -0.538. The first-order valence-electron chi connectivity index (χ1n) is 6.15. The van der Waals surface area contributed by atoms with Gasteiger partial charge in [0.15, 0.2) is 10.9 Å². The summed E-state index contributed by atoms with van der Waals surface area (Å²) in [6, 6.07) is 7.30. The van der Waals surface area contributed by atoms with Gasteiger partial charge in [-0.05, 0) is 18.2 Å². The molecule has 0 aliphatic heterocycles. The van der Waals surface area contributed by atoms with Crippen molar-refractivity contribution in [1.29, 1.82) is 0 Å². The average Bonchev–Trinajstić information content (AvgIpc) is 2.54. The molecule has 0 saturated carbocycles. The highest BCUT2D eigenvalue weighted by atomic mass is 32.2. The van der Waals surface area contributed by atoms with Gasteiger partial charge in [-0.3, -0.25) is 14.6 Å². The van der Waals surface area contributed by atoms with Gasteiger partial charge in [0, 0.05) is 12.4 Å². The number of methoxy groups -OCH3 is 1. The molecule has 0 aliphatic rings. The SMILES string of the molecule is COC(=O)CC(=O)CSc1nccc(-c2ccccn2)n1. The Kier molecular flexibility index (Phi) is 5.39. The van der Waals surface area contributed by atoms with E-state index < -0.39 is 5.97 Å². The number of carbonyl (C=O) groups is 2. The number of aromatic nitrogens is 3. The fourth-order valence-electron chi connectivity index (χ4n) is 1.50. The van der Waals surface area contributed by atoms with Crippen molar-refractivity contribution < 1.29 is 14.3 Å². The maximum atomic E-state index is 11.6. The van der Waals surface area contributed by atoms with Gasteiger partial charge in [0.1, 0.15) is 6.42 Å². The number of ether oxygens (including phenoxy) is 1. The molecule has 7 heteroatoms. The topological polar surface area (TPSA) is 82.0 Å². The number of thioether (sulfide) groups is 1. The Bertz CT molecular complexity index is 634. The molecule has 0 aliphatic carbocycles. The molecule has 0 radical (unpaired) electrons. The van der Waals surface area contributed by atoms with Crippen LogP contribution in [0.3, 0.4) is 0 Å². The Morgan fingerprint density at radius 2 is 2.00 bits per heavy atom. The molecule has 108 valence electrons. The standard InChI is InChI=1S/C14H13N3O3S/c1-20-13(19)8-10(18)9-21-14-16-7-5-12(17-14)11-4-2-3-6-15-11/h2-7H,8-9H2,1H3. The first-order chi connectivity index (χ1) is 10.2. The second-order valence-corrected chi connectivity index (χ2v) is 4.96. The molecule has 0 fully saturated rings. The monoisotopic (exact) mass is 303 g/mol. The normalized spacial score (nSPS) is 10.1. The number of nitrogens with zero attached hydrogens (tertiary/aromatic N) is 3. The van der Waals surface area contributed by atoms with Crippen LogP contribution in [-0.4, -0.2) is 39.6 Å². The molecule has 6 nitrogen and oxygen atoms in total. The molecule has 2 rings (SSSR count). The van der Waals surface area contributed by atoms with Crippen LogP contribution in [0.1, 0.15) is 6.42 Å². The van der Waals surface area contributed by atoms with Gasteiger partial charge in [-0.25, -0.2) is 9.97 Å². The van der Waals surface area contributed by atoms with Gasteiger partial charge in [-0.2, -0.15) is 0 Å². The van der Waals surface area contributed by atoms with Crippen molar-refractivity contribution in [2.45, 2.75) is 11.6 Å². The third-order valence-corrected chi connectivity index (χ3v) is 3.41. The molecule has 2 heterocycles. The highest BCUT2D eigenvalue weighted by Gasteiger charge is 2.11. The molecule has 0 saturated heterocycles. The zero-order valence-electron chi connectivity index (χ0n) is 11.4. The largest absolute Gasteiger partial charge is 0.469 e. The van der Waals surface area contributed by atoms with E-state index in [0.717, 1.165) is 5.69 Å². The van der Waals surface area contributed by atoms with Crippen LogP contribution >= 0.6 is 11.8 Å². The number of hydrogen-bond donors (Lipinski definition) is 0. The molecule has 0 N–H and O–H groups in total. The molecule has 0 spiro atoms. The van der Waals surface area contributed by atoms with Gasteiger partial charge in [0.25, 0.3) is 0 Å². The van der Waals surface area contributed by atoms with Crippen molar-refractivity contribution in [1.82, 2.24) is 15.0 Å². The van der Waals surface area contributed by atoms with Crippen LogP contribution in [0.4, 0.5) is 0 Å². The summed E-state index contributed by atoms with van der Waals surface area (Å²) in [6.45, 7) is 0. The van der Waals surface area contributed by atoms with Crippen LogP contribution in [0.2, 0.25) is 0 Å². The molecule has 0 aromatic carbocycles. The minimum absolute atomic E-state index is 0.126. The predicted octanol–water partition coefficient (Wildman–Crippen LogP) is 1.76. The quantitative estimate of drug-likeness (QED) is 0.348. The van der Waals surface area contributed by atoms with Gasteiger partial charge in [0.2, 0.25) is 0 Å². The highest BCUT2D eigenvalue weighted by molar-refractivity contribution is 7.99. The number of Topliss-reactive ketones (excluding diaryl/α,β-unsaturated/α-hetero) is 1. The van der Waals surface area contributed by atoms with Crippen LogP contribution in [0.5, 0.6) is 0 Å². The molecule has 0 bridgehead atoms. The zero-order chi connectivity index (χ0) is 15.1. The number of hydrogen-bond acceptors (Lipinski definition) is 7. The molecule has 21 heavy (non-hydrogen) atoms. The first-order valence-corrected chi connectivity index (χ1v) is 7.13. The summed E-state index contributed by atoms with van der Waals surface area (Å²) in [6.07, 6.45) is 3.07. The van der Waals surface area contributed by atoms with Crippen LogP contribution in [0.15, 0.2) is 41.8 Å². The first kappa shape index (κ1) is 15.1. The van der Waals surface area contributed by atoms with Crippen molar-refractivity contribution in [3.63, 3.8) is 0 Å². The van der Waals surface area contributed by atoms with Crippen LogP contribution in [0, 0.1) is 0 Å². The van der Waals surface area contributed by atoms with E-state index in [1.54, 1.807) is 18.5 Å². The number of ketones is 1. The van der Waals surface area contributed by atoms with Crippen molar-refractivity contribution >= 4 is 23.5 Å². The fraction of sp³-hybridized carbons (Fsp3) is 0.214. The van der Waals surface area contributed by atoms with Crippen LogP contribution in [0.25, 0.3) is 11.4 Å². The van der Waals surface area contributed by atoms with Gasteiger partial charge >= 0.3 is 5.97 Å². The Morgan fingerprint density at radius 3 is 2.71 bits per heavy atom. The second kappa shape index (κ2) is 7.49. The Labute approximate surface area is 126 Å². The van der Waals surface area contributed by atoms with E-state index in [1.807, 2.05) is 18.2 Å². The van der Waals surface area contributed by atoms with Gasteiger partial charge in [-0.15, -0.1) is 0 Å². The summed E-state index contributed by atoms with van der Waals surface area (Å²) >= 11 is 1.18. The average molecular weight is 303 g/mol. The lowest BCUT2D eigenvalue weighted by Gasteiger charge is -2.02.